The molecule has 3 N–H and O–H groups in total. The third kappa shape index (κ3) is 2.86. The van der Waals surface area contributed by atoms with Crippen LogP contribution in [0.2, 0.25) is 0 Å². The van der Waals surface area contributed by atoms with Crippen molar-refractivity contribution in [2.45, 2.75) is 24.0 Å². The number of pyridine rings is 1. The standard InChI is InChI=1S/C11H17N3O4S/c1-8-7-18-9(6-15)5-14(8)19(16,17)10-2-3-11(12)13-4-10/h2-4,8-9,15H,5-7H2,1H3,(H2,12,13). The minimum absolute atomic E-state index is 0.0899. The van der Waals surface area contributed by atoms with Gasteiger partial charge in [-0.15, -0.1) is 0 Å². The van der Waals surface area contributed by atoms with Crippen LogP contribution in [0, 0.1) is 0 Å². The number of rotatable bonds is 3. The molecule has 8 heteroatoms. The van der Waals surface area contributed by atoms with E-state index in [1.807, 2.05) is 0 Å². The van der Waals surface area contributed by atoms with Crippen LogP contribution in [-0.4, -0.2) is 54.7 Å². The summed E-state index contributed by atoms with van der Waals surface area (Å²) in [5, 5.41) is 9.09. The van der Waals surface area contributed by atoms with E-state index in [1.54, 1.807) is 6.92 Å². The van der Waals surface area contributed by atoms with Crippen LogP contribution in [0.4, 0.5) is 5.82 Å². The van der Waals surface area contributed by atoms with Crippen LogP contribution in [0.3, 0.4) is 0 Å². The van der Waals surface area contributed by atoms with Crippen molar-refractivity contribution >= 4 is 15.8 Å². The Balaban J connectivity index is 2.29. The maximum absolute atomic E-state index is 12.5. The topological polar surface area (TPSA) is 106 Å². The third-order valence-electron chi connectivity index (χ3n) is 3.02. The number of aromatic nitrogens is 1. The van der Waals surface area contributed by atoms with Crippen molar-refractivity contribution in [3.05, 3.63) is 18.3 Å². The zero-order valence-electron chi connectivity index (χ0n) is 10.6. The van der Waals surface area contributed by atoms with E-state index in [0.717, 1.165) is 0 Å². The summed E-state index contributed by atoms with van der Waals surface area (Å²) in [6.45, 7) is 1.94. The molecule has 1 fully saturated rings. The number of nitrogens with zero attached hydrogens (tertiary/aromatic N) is 2. The van der Waals surface area contributed by atoms with E-state index >= 15 is 0 Å². The monoisotopic (exact) mass is 287 g/mol. The van der Waals surface area contributed by atoms with Crippen molar-refractivity contribution in [1.82, 2.24) is 9.29 Å². The molecular formula is C11H17N3O4S. The Labute approximate surface area is 112 Å². The summed E-state index contributed by atoms with van der Waals surface area (Å²) in [5.74, 6) is 0.266. The summed E-state index contributed by atoms with van der Waals surface area (Å²) in [6, 6.07) is 2.58. The lowest BCUT2D eigenvalue weighted by Crippen LogP contribution is -2.51. The SMILES string of the molecule is CC1COC(CO)CN1S(=O)(=O)c1ccc(N)nc1. The predicted octanol–water partition coefficient (Wildman–Crippen LogP) is -0.566. The highest BCUT2D eigenvalue weighted by Gasteiger charge is 2.35. The van der Waals surface area contributed by atoms with Gasteiger partial charge >= 0.3 is 0 Å². The Morgan fingerprint density at radius 2 is 2.32 bits per heavy atom. The van der Waals surface area contributed by atoms with Gasteiger partial charge in [0.25, 0.3) is 0 Å². The molecule has 0 bridgehead atoms. The number of ether oxygens (including phenoxy) is 1. The van der Waals surface area contributed by atoms with Crippen LogP contribution in [0.15, 0.2) is 23.2 Å². The van der Waals surface area contributed by atoms with Crippen molar-refractivity contribution in [1.29, 1.82) is 0 Å². The van der Waals surface area contributed by atoms with Gasteiger partial charge in [0, 0.05) is 18.8 Å². The highest BCUT2D eigenvalue weighted by atomic mass is 32.2. The van der Waals surface area contributed by atoms with Crippen molar-refractivity contribution in [2.24, 2.45) is 0 Å². The predicted molar refractivity (Wildman–Crippen MR) is 68.8 cm³/mol. The van der Waals surface area contributed by atoms with E-state index in [-0.39, 0.29) is 36.5 Å². The van der Waals surface area contributed by atoms with Gasteiger partial charge in [-0.25, -0.2) is 13.4 Å². The van der Waals surface area contributed by atoms with E-state index in [1.165, 1.54) is 22.6 Å². The number of aliphatic hydroxyl groups is 1. The molecule has 0 spiro atoms. The van der Waals surface area contributed by atoms with Gasteiger partial charge in [0.1, 0.15) is 10.7 Å². The lowest BCUT2D eigenvalue weighted by atomic mass is 10.2. The second kappa shape index (κ2) is 5.41. The smallest absolute Gasteiger partial charge is 0.245 e. The molecule has 0 amide bonds. The summed E-state index contributed by atoms with van der Waals surface area (Å²) in [4.78, 5) is 3.89. The molecule has 1 aliphatic heterocycles. The number of nitrogens with two attached hydrogens (primary N) is 1. The van der Waals surface area contributed by atoms with E-state index < -0.39 is 16.1 Å². The van der Waals surface area contributed by atoms with E-state index in [2.05, 4.69) is 4.98 Å². The number of aliphatic hydroxyl groups excluding tert-OH is 1. The minimum atomic E-state index is -3.65. The van der Waals surface area contributed by atoms with E-state index in [4.69, 9.17) is 15.6 Å². The van der Waals surface area contributed by atoms with E-state index in [9.17, 15) is 8.42 Å². The fourth-order valence-electron chi connectivity index (χ4n) is 1.92. The molecule has 2 atom stereocenters. The number of hydrogen-bond donors (Lipinski definition) is 2. The molecule has 0 saturated carbocycles. The lowest BCUT2D eigenvalue weighted by Gasteiger charge is -2.36. The van der Waals surface area contributed by atoms with Gasteiger partial charge in [-0.05, 0) is 19.1 Å². The number of sulfonamides is 1. The van der Waals surface area contributed by atoms with Gasteiger partial charge < -0.3 is 15.6 Å². The number of anilines is 1. The van der Waals surface area contributed by atoms with E-state index in [0.29, 0.717) is 0 Å². The highest BCUT2D eigenvalue weighted by Crippen LogP contribution is 2.22. The maximum Gasteiger partial charge on any atom is 0.245 e. The summed E-state index contributed by atoms with van der Waals surface area (Å²) < 4.78 is 31.6. The minimum Gasteiger partial charge on any atom is -0.394 e. The molecule has 7 nitrogen and oxygen atoms in total. The summed E-state index contributed by atoms with van der Waals surface area (Å²) >= 11 is 0. The van der Waals surface area contributed by atoms with Crippen LogP contribution >= 0.6 is 0 Å². The molecule has 0 aromatic carbocycles. The van der Waals surface area contributed by atoms with Gasteiger partial charge in [-0.2, -0.15) is 4.31 Å². The zero-order chi connectivity index (χ0) is 14.0. The zero-order valence-corrected chi connectivity index (χ0v) is 11.4. The van der Waals surface area contributed by atoms with Crippen LogP contribution in [0.1, 0.15) is 6.92 Å². The second-order valence-corrected chi connectivity index (χ2v) is 6.37. The molecule has 106 valence electrons. The molecule has 2 rings (SSSR count). The molecule has 1 aliphatic rings. The van der Waals surface area contributed by atoms with Gasteiger partial charge in [0.05, 0.1) is 19.3 Å². The van der Waals surface area contributed by atoms with Gasteiger partial charge in [-0.3, -0.25) is 0 Å². The molecular weight excluding hydrogens is 270 g/mol. The lowest BCUT2D eigenvalue weighted by molar-refractivity contribution is -0.0516. The average Bonchev–Trinajstić information content (AvgIpc) is 2.39. The van der Waals surface area contributed by atoms with Gasteiger partial charge in [0.15, 0.2) is 0 Å². The van der Waals surface area contributed by atoms with Gasteiger partial charge in [-0.1, -0.05) is 0 Å². The first-order chi connectivity index (χ1) is 8.95. The first kappa shape index (κ1) is 14.2. The third-order valence-corrected chi connectivity index (χ3v) is 4.98. The molecule has 1 saturated heterocycles. The highest BCUT2D eigenvalue weighted by molar-refractivity contribution is 7.89. The normalized spacial score (nSPS) is 25.4. The first-order valence-corrected chi connectivity index (χ1v) is 7.35. The molecule has 1 aromatic heterocycles. The Morgan fingerprint density at radius 1 is 1.58 bits per heavy atom. The average molecular weight is 287 g/mol. The van der Waals surface area contributed by atoms with Crippen LogP contribution < -0.4 is 5.73 Å². The number of hydrogen-bond acceptors (Lipinski definition) is 6. The fourth-order valence-corrected chi connectivity index (χ4v) is 3.51. The number of nitrogen functional groups attached to an aromatic ring is 1. The molecule has 2 unspecified atom stereocenters. The van der Waals surface area contributed by atoms with Crippen LogP contribution in [0.5, 0.6) is 0 Å². The Kier molecular flexibility index (Phi) is 4.04. The molecule has 0 radical (unpaired) electrons. The van der Waals surface area contributed by atoms with Crippen molar-refractivity contribution in [3.63, 3.8) is 0 Å². The number of morpholine rings is 1. The van der Waals surface area contributed by atoms with Crippen molar-refractivity contribution < 1.29 is 18.3 Å². The summed E-state index contributed by atoms with van der Waals surface area (Å²) in [6.07, 6.45) is 0.744. The van der Waals surface area contributed by atoms with Crippen LogP contribution in [0.25, 0.3) is 0 Å². The summed E-state index contributed by atoms with van der Waals surface area (Å²) in [7, 11) is -3.65. The second-order valence-electron chi connectivity index (χ2n) is 4.48. The molecule has 1 aromatic rings. The largest absolute Gasteiger partial charge is 0.394 e. The molecule has 19 heavy (non-hydrogen) atoms. The fraction of sp³-hybridized carbons (Fsp3) is 0.545. The molecule has 0 aliphatic carbocycles. The quantitative estimate of drug-likeness (QED) is 0.771. The maximum atomic E-state index is 12.5. The van der Waals surface area contributed by atoms with Crippen LogP contribution in [-0.2, 0) is 14.8 Å². The Hall–Kier alpha value is -1.22. The van der Waals surface area contributed by atoms with Crippen molar-refractivity contribution in [3.8, 4) is 0 Å². The Bertz CT molecular complexity index is 531. The summed E-state index contributed by atoms with van der Waals surface area (Å²) in [5.41, 5.74) is 5.45. The van der Waals surface area contributed by atoms with Crippen molar-refractivity contribution in [2.75, 3.05) is 25.5 Å². The molecule has 2 heterocycles. The van der Waals surface area contributed by atoms with Gasteiger partial charge in [0.2, 0.25) is 10.0 Å². The Morgan fingerprint density at radius 3 is 2.89 bits per heavy atom. The first-order valence-electron chi connectivity index (χ1n) is 5.91.